The van der Waals surface area contributed by atoms with Crippen LogP contribution in [-0.2, 0) is 0 Å². The van der Waals surface area contributed by atoms with Gasteiger partial charge in [0.15, 0.2) is 0 Å². The highest BCUT2D eigenvalue weighted by molar-refractivity contribution is 4.57. The van der Waals surface area contributed by atoms with Crippen molar-refractivity contribution in [1.82, 2.24) is 4.90 Å². The van der Waals surface area contributed by atoms with Crippen molar-refractivity contribution in [3.05, 3.63) is 0 Å². The molecule has 0 saturated heterocycles. The Bertz CT molecular complexity index is 226. The molecule has 0 spiro atoms. The zero-order valence-corrected chi connectivity index (χ0v) is 17.8. The van der Waals surface area contributed by atoms with Crippen molar-refractivity contribution in [3.8, 4) is 0 Å². The first kappa shape index (κ1) is 24.0. The number of unbranched alkanes of at least 4 members (excludes halogenated alkanes) is 11. The standard InChI is InChI=1S/C23H49N/c1-5-7-8-9-10-11-12-13-14-15-16-19-23(3)20-17-18-22-24(4)21-6-2/h23H,5-22H2,1-4H3. The Morgan fingerprint density at radius 2 is 1.00 bits per heavy atom. The van der Waals surface area contributed by atoms with E-state index in [1.54, 1.807) is 0 Å². The molecule has 0 heterocycles. The van der Waals surface area contributed by atoms with Crippen LogP contribution >= 0.6 is 0 Å². The van der Waals surface area contributed by atoms with Crippen LogP contribution in [0.5, 0.6) is 0 Å². The summed E-state index contributed by atoms with van der Waals surface area (Å²) in [4.78, 5) is 2.48. The smallest absolute Gasteiger partial charge is 0.00218 e. The third-order valence-corrected chi connectivity index (χ3v) is 5.39. The summed E-state index contributed by atoms with van der Waals surface area (Å²) >= 11 is 0. The summed E-state index contributed by atoms with van der Waals surface area (Å²) in [6.45, 7) is 9.58. The van der Waals surface area contributed by atoms with Crippen molar-refractivity contribution in [2.45, 2.75) is 124 Å². The average molecular weight is 340 g/mol. The van der Waals surface area contributed by atoms with Crippen LogP contribution in [0.3, 0.4) is 0 Å². The van der Waals surface area contributed by atoms with E-state index in [4.69, 9.17) is 0 Å². The lowest BCUT2D eigenvalue weighted by atomic mass is 9.96. The van der Waals surface area contributed by atoms with Crippen molar-refractivity contribution >= 4 is 0 Å². The van der Waals surface area contributed by atoms with Crippen LogP contribution in [0.15, 0.2) is 0 Å². The second-order valence-electron chi connectivity index (χ2n) is 8.23. The fourth-order valence-electron chi connectivity index (χ4n) is 3.67. The molecule has 146 valence electrons. The van der Waals surface area contributed by atoms with E-state index in [-0.39, 0.29) is 0 Å². The molecule has 0 aliphatic rings. The van der Waals surface area contributed by atoms with Crippen LogP contribution in [0.2, 0.25) is 0 Å². The van der Waals surface area contributed by atoms with Crippen molar-refractivity contribution in [1.29, 1.82) is 0 Å². The minimum absolute atomic E-state index is 0.944. The summed E-state index contributed by atoms with van der Waals surface area (Å²) < 4.78 is 0. The highest BCUT2D eigenvalue weighted by atomic mass is 15.1. The maximum absolute atomic E-state index is 2.48. The number of rotatable bonds is 19. The molecule has 0 bridgehead atoms. The molecule has 1 unspecified atom stereocenters. The molecule has 1 atom stereocenters. The lowest BCUT2D eigenvalue weighted by Gasteiger charge is -2.16. The molecule has 0 aromatic rings. The van der Waals surface area contributed by atoms with Gasteiger partial charge in [0.05, 0.1) is 0 Å². The molecule has 0 fully saturated rings. The molecule has 1 heteroatoms. The Kier molecular flexibility index (Phi) is 19.3. The van der Waals surface area contributed by atoms with E-state index < -0.39 is 0 Å². The summed E-state index contributed by atoms with van der Waals surface area (Å²) in [6, 6.07) is 0. The molecule has 0 radical (unpaired) electrons. The average Bonchev–Trinajstić information content (AvgIpc) is 2.57. The second-order valence-corrected chi connectivity index (χ2v) is 8.23. The van der Waals surface area contributed by atoms with E-state index in [1.807, 2.05) is 0 Å². The van der Waals surface area contributed by atoms with Crippen LogP contribution in [0, 0.1) is 5.92 Å². The normalized spacial score (nSPS) is 12.9. The van der Waals surface area contributed by atoms with E-state index in [1.165, 1.54) is 116 Å². The molecule has 0 aliphatic carbocycles. The van der Waals surface area contributed by atoms with E-state index >= 15 is 0 Å². The third-order valence-electron chi connectivity index (χ3n) is 5.39. The Morgan fingerprint density at radius 3 is 1.50 bits per heavy atom. The van der Waals surface area contributed by atoms with Crippen molar-refractivity contribution in [2.24, 2.45) is 5.92 Å². The third kappa shape index (κ3) is 18.3. The lowest BCUT2D eigenvalue weighted by molar-refractivity contribution is 0.318. The van der Waals surface area contributed by atoms with Crippen LogP contribution < -0.4 is 0 Å². The lowest BCUT2D eigenvalue weighted by Crippen LogP contribution is -2.20. The van der Waals surface area contributed by atoms with Gasteiger partial charge in [-0.3, -0.25) is 0 Å². The molecule has 0 saturated carbocycles. The second kappa shape index (κ2) is 19.3. The van der Waals surface area contributed by atoms with E-state index in [0.717, 1.165) is 5.92 Å². The van der Waals surface area contributed by atoms with Crippen LogP contribution in [0.1, 0.15) is 124 Å². The van der Waals surface area contributed by atoms with Crippen molar-refractivity contribution < 1.29 is 0 Å². The molecular formula is C23H49N. The maximum atomic E-state index is 2.48. The van der Waals surface area contributed by atoms with Crippen LogP contribution in [-0.4, -0.2) is 25.0 Å². The van der Waals surface area contributed by atoms with Gasteiger partial charge >= 0.3 is 0 Å². The van der Waals surface area contributed by atoms with Gasteiger partial charge in [-0.05, 0) is 38.9 Å². The van der Waals surface area contributed by atoms with Crippen LogP contribution in [0.4, 0.5) is 0 Å². The molecular weight excluding hydrogens is 290 g/mol. The van der Waals surface area contributed by atoms with Gasteiger partial charge in [0.2, 0.25) is 0 Å². The predicted octanol–water partition coefficient (Wildman–Crippen LogP) is 7.84. The minimum Gasteiger partial charge on any atom is -0.306 e. The summed E-state index contributed by atoms with van der Waals surface area (Å²) in [6.07, 6.45) is 23.1. The summed E-state index contributed by atoms with van der Waals surface area (Å²) in [7, 11) is 2.26. The number of hydrogen-bond donors (Lipinski definition) is 0. The fourth-order valence-corrected chi connectivity index (χ4v) is 3.67. The first-order chi connectivity index (χ1) is 11.7. The monoisotopic (exact) mass is 339 g/mol. The van der Waals surface area contributed by atoms with Crippen molar-refractivity contribution in [2.75, 3.05) is 20.1 Å². The number of hydrogen-bond acceptors (Lipinski definition) is 1. The summed E-state index contributed by atoms with van der Waals surface area (Å²) in [5.74, 6) is 0.944. The minimum atomic E-state index is 0.944. The zero-order valence-electron chi connectivity index (χ0n) is 17.8. The molecule has 0 aromatic heterocycles. The predicted molar refractivity (Wildman–Crippen MR) is 112 cm³/mol. The van der Waals surface area contributed by atoms with Gasteiger partial charge in [0, 0.05) is 0 Å². The molecule has 0 aromatic carbocycles. The molecule has 1 nitrogen and oxygen atoms in total. The quantitative estimate of drug-likeness (QED) is 0.217. The van der Waals surface area contributed by atoms with Gasteiger partial charge in [-0.2, -0.15) is 0 Å². The number of nitrogens with zero attached hydrogens (tertiary/aromatic N) is 1. The molecule has 0 rings (SSSR count). The Balaban J connectivity index is 3.19. The Hall–Kier alpha value is -0.0400. The van der Waals surface area contributed by atoms with Gasteiger partial charge in [0.1, 0.15) is 0 Å². The van der Waals surface area contributed by atoms with E-state index in [0.29, 0.717) is 0 Å². The first-order valence-electron chi connectivity index (χ1n) is 11.4. The Labute approximate surface area is 155 Å². The molecule has 0 aliphatic heterocycles. The van der Waals surface area contributed by atoms with Gasteiger partial charge in [-0.15, -0.1) is 0 Å². The van der Waals surface area contributed by atoms with Gasteiger partial charge in [0.25, 0.3) is 0 Å². The van der Waals surface area contributed by atoms with Crippen LogP contribution in [0.25, 0.3) is 0 Å². The summed E-state index contributed by atoms with van der Waals surface area (Å²) in [5.41, 5.74) is 0. The Morgan fingerprint density at radius 1 is 0.542 bits per heavy atom. The highest BCUT2D eigenvalue weighted by Crippen LogP contribution is 2.17. The topological polar surface area (TPSA) is 3.24 Å². The summed E-state index contributed by atoms with van der Waals surface area (Å²) in [5, 5.41) is 0. The maximum Gasteiger partial charge on any atom is -0.00218 e. The highest BCUT2D eigenvalue weighted by Gasteiger charge is 2.03. The molecule has 0 N–H and O–H groups in total. The van der Waals surface area contributed by atoms with E-state index in [2.05, 4.69) is 32.7 Å². The first-order valence-corrected chi connectivity index (χ1v) is 11.4. The molecule has 24 heavy (non-hydrogen) atoms. The largest absolute Gasteiger partial charge is 0.306 e. The van der Waals surface area contributed by atoms with Gasteiger partial charge in [-0.25, -0.2) is 0 Å². The van der Waals surface area contributed by atoms with Gasteiger partial charge in [-0.1, -0.05) is 111 Å². The van der Waals surface area contributed by atoms with Gasteiger partial charge < -0.3 is 4.90 Å². The zero-order chi connectivity index (χ0) is 17.9. The van der Waals surface area contributed by atoms with Crippen molar-refractivity contribution in [3.63, 3.8) is 0 Å². The fraction of sp³-hybridized carbons (Fsp3) is 1.00. The van der Waals surface area contributed by atoms with E-state index in [9.17, 15) is 0 Å². The SMILES string of the molecule is CCCCCCCCCCCCCC(C)CCCCN(C)CCC. The molecule has 0 amide bonds.